The molecule has 126 valence electrons. The van der Waals surface area contributed by atoms with Crippen LogP contribution in [0.1, 0.15) is 10.5 Å². The van der Waals surface area contributed by atoms with Gasteiger partial charge in [-0.05, 0) is 36.4 Å². The summed E-state index contributed by atoms with van der Waals surface area (Å²) in [5.41, 5.74) is 1.74. The van der Waals surface area contributed by atoms with Gasteiger partial charge in [0.2, 0.25) is 0 Å². The van der Waals surface area contributed by atoms with Gasteiger partial charge in [0.05, 0.1) is 5.69 Å². The Morgan fingerprint density at radius 3 is 2.92 bits per heavy atom. The van der Waals surface area contributed by atoms with Crippen LogP contribution in [-0.4, -0.2) is 29.4 Å². The van der Waals surface area contributed by atoms with Crippen LogP contribution in [0.2, 0.25) is 5.02 Å². The molecule has 0 saturated carbocycles. The second kappa shape index (κ2) is 6.14. The summed E-state index contributed by atoms with van der Waals surface area (Å²) in [5.74, 6) is -0.132. The van der Waals surface area contributed by atoms with E-state index in [0.717, 1.165) is 10.9 Å². The summed E-state index contributed by atoms with van der Waals surface area (Å²) in [7, 11) is 0. The van der Waals surface area contributed by atoms with E-state index in [1.165, 1.54) is 0 Å². The highest BCUT2D eigenvalue weighted by molar-refractivity contribution is 6.31. The third-order valence-electron chi connectivity index (χ3n) is 4.00. The third kappa shape index (κ3) is 3.04. The number of amides is 2. The van der Waals surface area contributed by atoms with Crippen molar-refractivity contribution in [3.05, 3.63) is 59.2 Å². The molecule has 1 aromatic heterocycles. The standard InChI is InChI=1S/C18H14ClN3O3/c19-11-5-6-12-10(7-11)8-14(20-12)17(23)22-15-9-25-16-4-2-1-3-13(16)21-18(15)24/h1-8,15,20H,9H2,(H,21,24)(H,22,23). The van der Waals surface area contributed by atoms with E-state index in [-0.39, 0.29) is 18.4 Å². The molecule has 3 N–H and O–H groups in total. The van der Waals surface area contributed by atoms with E-state index in [0.29, 0.717) is 22.2 Å². The first-order valence-corrected chi connectivity index (χ1v) is 8.10. The quantitative estimate of drug-likeness (QED) is 0.661. The van der Waals surface area contributed by atoms with Gasteiger partial charge in [-0.3, -0.25) is 9.59 Å². The molecule has 1 atom stereocenters. The average Bonchev–Trinajstić information content (AvgIpc) is 2.95. The predicted molar refractivity (Wildman–Crippen MR) is 95.1 cm³/mol. The lowest BCUT2D eigenvalue weighted by Crippen LogP contribution is -2.46. The Morgan fingerprint density at radius 2 is 2.04 bits per heavy atom. The molecule has 6 nitrogen and oxygen atoms in total. The van der Waals surface area contributed by atoms with Gasteiger partial charge in [-0.1, -0.05) is 23.7 Å². The Hall–Kier alpha value is -2.99. The first kappa shape index (κ1) is 15.5. The monoisotopic (exact) mass is 355 g/mol. The van der Waals surface area contributed by atoms with Gasteiger partial charge >= 0.3 is 0 Å². The van der Waals surface area contributed by atoms with Crippen LogP contribution >= 0.6 is 11.6 Å². The number of hydrogen-bond donors (Lipinski definition) is 3. The van der Waals surface area contributed by atoms with Crippen molar-refractivity contribution in [2.24, 2.45) is 0 Å². The Morgan fingerprint density at radius 1 is 1.20 bits per heavy atom. The number of para-hydroxylation sites is 2. The van der Waals surface area contributed by atoms with Gasteiger partial charge in [0.25, 0.3) is 11.8 Å². The van der Waals surface area contributed by atoms with Crippen LogP contribution in [-0.2, 0) is 4.79 Å². The zero-order valence-electron chi connectivity index (χ0n) is 13.0. The average molecular weight is 356 g/mol. The number of halogens is 1. The van der Waals surface area contributed by atoms with Gasteiger partial charge in [0.1, 0.15) is 24.1 Å². The fourth-order valence-electron chi connectivity index (χ4n) is 2.73. The van der Waals surface area contributed by atoms with Gasteiger partial charge in [-0.15, -0.1) is 0 Å². The van der Waals surface area contributed by atoms with Crippen LogP contribution in [0.15, 0.2) is 48.5 Å². The van der Waals surface area contributed by atoms with Crippen molar-refractivity contribution in [1.82, 2.24) is 10.3 Å². The predicted octanol–water partition coefficient (Wildman–Crippen LogP) is 2.95. The SMILES string of the molecule is O=C(NC1COc2ccccc2NC1=O)c1cc2cc(Cl)ccc2[nH]1. The van der Waals surface area contributed by atoms with E-state index in [9.17, 15) is 9.59 Å². The molecule has 0 fully saturated rings. The number of anilines is 1. The van der Waals surface area contributed by atoms with E-state index < -0.39 is 6.04 Å². The number of rotatable bonds is 2. The molecule has 2 amide bonds. The molecule has 2 aromatic carbocycles. The van der Waals surface area contributed by atoms with Gasteiger partial charge in [0.15, 0.2) is 0 Å². The van der Waals surface area contributed by atoms with Gasteiger partial charge in [-0.25, -0.2) is 0 Å². The van der Waals surface area contributed by atoms with E-state index in [2.05, 4.69) is 15.6 Å². The van der Waals surface area contributed by atoms with Crippen molar-refractivity contribution in [2.45, 2.75) is 6.04 Å². The summed E-state index contributed by atoms with van der Waals surface area (Å²) in [5, 5.41) is 6.87. The maximum absolute atomic E-state index is 12.5. The molecule has 0 aliphatic carbocycles. The highest BCUT2D eigenvalue weighted by Gasteiger charge is 2.26. The first-order chi connectivity index (χ1) is 12.1. The first-order valence-electron chi connectivity index (χ1n) is 7.72. The van der Waals surface area contributed by atoms with Crippen LogP contribution in [0.25, 0.3) is 10.9 Å². The minimum absolute atomic E-state index is 0.0562. The van der Waals surface area contributed by atoms with Crippen LogP contribution in [0, 0.1) is 0 Å². The summed E-state index contributed by atoms with van der Waals surface area (Å²) in [4.78, 5) is 27.8. The number of carbonyl (C=O) groups is 2. The zero-order chi connectivity index (χ0) is 17.4. The Kier molecular flexibility index (Phi) is 3.82. The zero-order valence-corrected chi connectivity index (χ0v) is 13.8. The molecular weight excluding hydrogens is 342 g/mol. The number of hydrogen-bond acceptors (Lipinski definition) is 3. The maximum atomic E-state index is 12.5. The summed E-state index contributed by atoms with van der Waals surface area (Å²) < 4.78 is 5.62. The lowest BCUT2D eigenvalue weighted by molar-refractivity contribution is -0.118. The number of carbonyl (C=O) groups excluding carboxylic acids is 2. The molecule has 0 radical (unpaired) electrons. The highest BCUT2D eigenvalue weighted by atomic mass is 35.5. The number of aromatic nitrogens is 1. The summed E-state index contributed by atoms with van der Waals surface area (Å²) in [6.07, 6.45) is 0. The minimum atomic E-state index is -0.796. The summed E-state index contributed by atoms with van der Waals surface area (Å²) in [6, 6.07) is 13.3. The number of aromatic amines is 1. The largest absolute Gasteiger partial charge is 0.489 e. The Balaban J connectivity index is 1.53. The van der Waals surface area contributed by atoms with Gasteiger partial charge < -0.3 is 20.4 Å². The van der Waals surface area contributed by atoms with Crippen LogP contribution in [0.3, 0.4) is 0 Å². The van der Waals surface area contributed by atoms with Crippen molar-refractivity contribution >= 4 is 40.0 Å². The van der Waals surface area contributed by atoms with Crippen LogP contribution in [0.5, 0.6) is 5.75 Å². The maximum Gasteiger partial charge on any atom is 0.268 e. The number of nitrogens with one attached hydrogen (secondary N) is 3. The fraction of sp³-hybridized carbons (Fsp3) is 0.111. The smallest absolute Gasteiger partial charge is 0.268 e. The molecule has 4 rings (SSSR count). The van der Waals surface area contributed by atoms with E-state index in [1.807, 2.05) is 6.07 Å². The minimum Gasteiger partial charge on any atom is -0.489 e. The van der Waals surface area contributed by atoms with E-state index in [1.54, 1.807) is 42.5 Å². The lowest BCUT2D eigenvalue weighted by Gasteiger charge is -2.14. The second-order valence-electron chi connectivity index (χ2n) is 5.74. The number of ether oxygens (including phenoxy) is 1. The van der Waals surface area contributed by atoms with E-state index in [4.69, 9.17) is 16.3 Å². The number of fused-ring (bicyclic) bond motifs is 2. The third-order valence-corrected chi connectivity index (χ3v) is 4.23. The Labute approximate surface area is 148 Å². The van der Waals surface area contributed by atoms with Crippen LogP contribution in [0.4, 0.5) is 5.69 Å². The summed E-state index contributed by atoms with van der Waals surface area (Å²) in [6.45, 7) is 0.0562. The van der Waals surface area contributed by atoms with Crippen molar-refractivity contribution in [3.63, 3.8) is 0 Å². The fourth-order valence-corrected chi connectivity index (χ4v) is 2.91. The molecule has 25 heavy (non-hydrogen) atoms. The number of benzene rings is 2. The van der Waals surface area contributed by atoms with Crippen molar-refractivity contribution < 1.29 is 14.3 Å². The molecule has 0 saturated heterocycles. The molecule has 1 aliphatic heterocycles. The lowest BCUT2D eigenvalue weighted by atomic mass is 10.2. The molecular formula is C18H14ClN3O3. The highest BCUT2D eigenvalue weighted by Crippen LogP contribution is 2.26. The van der Waals surface area contributed by atoms with Gasteiger partial charge in [0, 0.05) is 15.9 Å². The van der Waals surface area contributed by atoms with Crippen LogP contribution < -0.4 is 15.4 Å². The summed E-state index contributed by atoms with van der Waals surface area (Å²) >= 11 is 5.96. The number of H-pyrrole nitrogens is 1. The molecule has 1 aliphatic rings. The van der Waals surface area contributed by atoms with Crippen molar-refractivity contribution in [2.75, 3.05) is 11.9 Å². The topological polar surface area (TPSA) is 83.2 Å². The second-order valence-corrected chi connectivity index (χ2v) is 6.17. The molecule has 2 heterocycles. The van der Waals surface area contributed by atoms with Crippen molar-refractivity contribution in [3.8, 4) is 5.75 Å². The molecule has 1 unspecified atom stereocenters. The molecule has 0 bridgehead atoms. The van der Waals surface area contributed by atoms with E-state index >= 15 is 0 Å². The van der Waals surface area contributed by atoms with Crippen molar-refractivity contribution in [1.29, 1.82) is 0 Å². The normalized spacial score (nSPS) is 16.5. The Bertz CT molecular complexity index is 983. The molecule has 3 aromatic rings. The van der Waals surface area contributed by atoms with Gasteiger partial charge in [-0.2, -0.15) is 0 Å². The molecule has 7 heteroatoms. The molecule has 0 spiro atoms.